The minimum absolute atomic E-state index is 0.0575. The van der Waals surface area contributed by atoms with Crippen LogP contribution in [0.25, 0.3) is 6.08 Å². The zero-order chi connectivity index (χ0) is 24.8. The van der Waals surface area contributed by atoms with E-state index in [2.05, 4.69) is 0 Å². The molecule has 2 heterocycles. The molecule has 7 nitrogen and oxygen atoms in total. The number of amidine groups is 1. The maximum absolute atomic E-state index is 13.5. The highest BCUT2D eigenvalue weighted by Gasteiger charge is 2.36. The normalized spacial score (nSPS) is 18.2. The summed E-state index contributed by atoms with van der Waals surface area (Å²) in [7, 11) is 0. The summed E-state index contributed by atoms with van der Waals surface area (Å²) in [6.07, 6.45) is 2.49. The van der Waals surface area contributed by atoms with Crippen LogP contribution in [-0.2, 0) is 14.3 Å². The molecule has 0 N–H and O–H groups in total. The van der Waals surface area contributed by atoms with Crippen molar-refractivity contribution in [1.29, 1.82) is 0 Å². The number of morpholine rings is 1. The highest BCUT2D eigenvalue weighted by molar-refractivity contribution is 8.15. The summed E-state index contributed by atoms with van der Waals surface area (Å²) in [6.45, 7) is 8.22. The first kappa shape index (κ1) is 25.0. The number of nitrogens with zero attached hydrogens (tertiary/aromatic N) is 3. The van der Waals surface area contributed by atoms with E-state index in [1.54, 1.807) is 11.0 Å². The standard InChI is InChI=1S/C27H31N3O4S/c1-4-24(26(32)29-14-16-33-17-15-29)35-27-28-23(25(31)30(27)21-8-6-5-7-9-21)18-20-10-12-22(13-11-20)34-19(2)3/h5-13,18-19,24H,4,14-17H2,1-3H3/b23-18+. The molecule has 0 aliphatic carbocycles. The van der Waals surface area contributed by atoms with Gasteiger partial charge < -0.3 is 14.4 Å². The van der Waals surface area contributed by atoms with Crippen molar-refractivity contribution in [1.82, 2.24) is 4.90 Å². The second-order valence-corrected chi connectivity index (χ2v) is 9.76. The Kier molecular flexibility index (Phi) is 8.25. The van der Waals surface area contributed by atoms with Gasteiger partial charge in [-0.2, -0.15) is 0 Å². The number of carbonyl (C=O) groups excluding carboxylic acids is 2. The smallest absolute Gasteiger partial charge is 0.283 e. The Labute approximate surface area is 210 Å². The average molecular weight is 494 g/mol. The maximum Gasteiger partial charge on any atom is 0.283 e. The summed E-state index contributed by atoms with van der Waals surface area (Å²) >= 11 is 1.35. The van der Waals surface area contributed by atoms with Gasteiger partial charge in [-0.3, -0.25) is 14.5 Å². The molecule has 2 amide bonds. The molecule has 2 aliphatic heterocycles. The molecule has 35 heavy (non-hydrogen) atoms. The van der Waals surface area contributed by atoms with Gasteiger partial charge in [0.05, 0.1) is 30.3 Å². The lowest BCUT2D eigenvalue weighted by Crippen LogP contribution is -2.45. The van der Waals surface area contributed by atoms with Gasteiger partial charge in [-0.15, -0.1) is 0 Å². The topological polar surface area (TPSA) is 71.4 Å². The molecular formula is C27H31N3O4S. The predicted octanol–water partition coefficient (Wildman–Crippen LogP) is 4.59. The molecular weight excluding hydrogens is 462 g/mol. The Morgan fingerprint density at radius 2 is 1.80 bits per heavy atom. The zero-order valence-corrected chi connectivity index (χ0v) is 21.2. The monoisotopic (exact) mass is 493 g/mol. The summed E-state index contributed by atoms with van der Waals surface area (Å²) in [6, 6.07) is 17.0. The third-order valence-corrected chi connectivity index (χ3v) is 6.92. The summed E-state index contributed by atoms with van der Waals surface area (Å²) in [5.41, 5.74) is 1.91. The number of ether oxygens (including phenoxy) is 2. The van der Waals surface area contributed by atoms with Gasteiger partial charge in [0.1, 0.15) is 11.4 Å². The van der Waals surface area contributed by atoms with Crippen molar-refractivity contribution in [3.05, 3.63) is 65.9 Å². The van der Waals surface area contributed by atoms with Crippen molar-refractivity contribution in [2.45, 2.75) is 38.5 Å². The molecule has 0 saturated carbocycles. The third-order valence-electron chi connectivity index (χ3n) is 5.62. The van der Waals surface area contributed by atoms with Gasteiger partial charge in [-0.1, -0.05) is 49.0 Å². The molecule has 4 rings (SSSR count). The van der Waals surface area contributed by atoms with E-state index in [1.807, 2.05) is 80.3 Å². The summed E-state index contributed by atoms with van der Waals surface area (Å²) in [5.74, 6) is 0.620. The van der Waals surface area contributed by atoms with Gasteiger partial charge in [0.25, 0.3) is 5.91 Å². The fraction of sp³-hybridized carbons (Fsp3) is 0.370. The molecule has 1 atom stereocenters. The lowest BCUT2D eigenvalue weighted by atomic mass is 10.2. The number of amides is 2. The second-order valence-electron chi connectivity index (χ2n) is 8.59. The third kappa shape index (κ3) is 6.13. The molecule has 1 unspecified atom stereocenters. The van der Waals surface area contributed by atoms with Crippen molar-refractivity contribution in [2.24, 2.45) is 4.99 Å². The molecule has 1 saturated heterocycles. The Balaban J connectivity index is 1.61. The van der Waals surface area contributed by atoms with Gasteiger partial charge in [0.2, 0.25) is 5.91 Å². The number of para-hydroxylation sites is 1. The fourth-order valence-corrected chi connectivity index (χ4v) is 4.99. The van der Waals surface area contributed by atoms with E-state index < -0.39 is 0 Å². The summed E-state index contributed by atoms with van der Waals surface area (Å²) in [5, 5.41) is 0.179. The van der Waals surface area contributed by atoms with Gasteiger partial charge >= 0.3 is 0 Å². The zero-order valence-electron chi connectivity index (χ0n) is 20.3. The molecule has 1 fully saturated rings. The lowest BCUT2D eigenvalue weighted by Gasteiger charge is -2.30. The fourth-order valence-electron chi connectivity index (χ4n) is 3.88. The van der Waals surface area contributed by atoms with Crippen LogP contribution < -0.4 is 9.64 Å². The van der Waals surface area contributed by atoms with Crippen LogP contribution in [0.15, 0.2) is 65.3 Å². The number of rotatable bonds is 7. The molecule has 2 aromatic carbocycles. The summed E-state index contributed by atoms with van der Waals surface area (Å²) < 4.78 is 11.1. The average Bonchev–Trinajstić information content (AvgIpc) is 3.18. The Bertz CT molecular complexity index is 1090. The Hall–Kier alpha value is -3.10. The minimum Gasteiger partial charge on any atom is -0.491 e. The first-order valence-corrected chi connectivity index (χ1v) is 12.8. The number of hydrogen-bond donors (Lipinski definition) is 0. The number of carbonyl (C=O) groups is 2. The van der Waals surface area contributed by atoms with E-state index in [0.717, 1.165) is 17.0 Å². The number of hydrogen-bond acceptors (Lipinski definition) is 6. The van der Waals surface area contributed by atoms with E-state index in [1.165, 1.54) is 11.8 Å². The Morgan fingerprint density at radius 1 is 1.11 bits per heavy atom. The van der Waals surface area contributed by atoms with Crippen LogP contribution in [0.2, 0.25) is 0 Å². The second kappa shape index (κ2) is 11.6. The molecule has 184 valence electrons. The van der Waals surface area contributed by atoms with Gasteiger partial charge in [0, 0.05) is 13.1 Å². The molecule has 0 spiro atoms. The molecule has 0 aromatic heterocycles. The highest BCUT2D eigenvalue weighted by Crippen LogP contribution is 2.32. The van der Waals surface area contributed by atoms with Crippen LogP contribution >= 0.6 is 11.8 Å². The maximum atomic E-state index is 13.5. The van der Waals surface area contributed by atoms with E-state index in [9.17, 15) is 9.59 Å². The molecule has 0 radical (unpaired) electrons. The number of thioether (sulfide) groups is 1. The van der Waals surface area contributed by atoms with Gasteiger partial charge in [-0.25, -0.2) is 4.99 Å². The molecule has 2 aliphatic rings. The first-order chi connectivity index (χ1) is 17.0. The van der Waals surface area contributed by atoms with Crippen LogP contribution in [0.1, 0.15) is 32.8 Å². The predicted molar refractivity (Wildman–Crippen MR) is 141 cm³/mol. The number of anilines is 1. The molecule has 2 aromatic rings. The largest absolute Gasteiger partial charge is 0.491 e. The highest BCUT2D eigenvalue weighted by atomic mass is 32.2. The van der Waals surface area contributed by atoms with Crippen LogP contribution in [0.3, 0.4) is 0 Å². The lowest BCUT2D eigenvalue weighted by molar-refractivity contribution is -0.134. The van der Waals surface area contributed by atoms with Gasteiger partial charge in [-0.05, 0) is 56.2 Å². The Morgan fingerprint density at radius 3 is 2.43 bits per heavy atom. The number of aliphatic imine (C=N–C) groups is 1. The van der Waals surface area contributed by atoms with Gasteiger partial charge in [0.15, 0.2) is 5.17 Å². The van der Waals surface area contributed by atoms with Crippen LogP contribution in [0, 0.1) is 0 Å². The van der Waals surface area contributed by atoms with E-state index in [-0.39, 0.29) is 23.2 Å². The SMILES string of the molecule is CCC(SC1=N/C(=C/c2ccc(OC(C)C)cc2)C(=O)N1c1ccccc1)C(=O)N1CCOCC1. The van der Waals surface area contributed by atoms with Crippen molar-refractivity contribution >= 4 is 40.5 Å². The molecule has 8 heteroatoms. The minimum atomic E-state index is -0.335. The quantitative estimate of drug-likeness (QED) is 0.528. The van der Waals surface area contributed by atoms with Crippen molar-refractivity contribution in [3.8, 4) is 5.75 Å². The van der Waals surface area contributed by atoms with Crippen LogP contribution in [-0.4, -0.2) is 59.5 Å². The number of benzene rings is 2. The van der Waals surface area contributed by atoms with Crippen molar-refractivity contribution < 1.29 is 19.1 Å². The van der Waals surface area contributed by atoms with Crippen molar-refractivity contribution in [2.75, 3.05) is 31.2 Å². The summed E-state index contributed by atoms with van der Waals surface area (Å²) in [4.78, 5) is 34.8. The van der Waals surface area contributed by atoms with Crippen LogP contribution in [0.5, 0.6) is 5.75 Å². The van der Waals surface area contributed by atoms with E-state index in [0.29, 0.717) is 43.6 Å². The van der Waals surface area contributed by atoms with E-state index >= 15 is 0 Å². The molecule has 0 bridgehead atoms. The van der Waals surface area contributed by atoms with Crippen molar-refractivity contribution in [3.63, 3.8) is 0 Å². The van der Waals surface area contributed by atoms with Crippen LogP contribution in [0.4, 0.5) is 5.69 Å². The van der Waals surface area contributed by atoms with E-state index in [4.69, 9.17) is 14.5 Å². The first-order valence-electron chi connectivity index (χ1n) is 12.0.